The maximum atomic E-state index is 12.5. The van der Waals surface area contributed by atoms with E-state index < -0.39 is 0 Å². The molecule has 108 valence electrons. The summed E-state index contributed by atoms with van der Waals surface area (Å²) in [5, 5.41) is 0.549. The Morgan fingerprint density at radius 3 is 2.45 bits per heavy atom. The number of rotatable bonds is 3. The van der Waals surface area contributed by atoms with Crippen LogP contribution < -0.4 is 11.2 Å². The largest absolute Gasteiger partial charge is 0.332 e. The van der Waals surface area contributed by atoms with Gasteiger partial charge in [-0.25, -0.2) is 9.78 Å². The molecular formula is C14H19N3O2S. The first-order valence-electron chi connectivity index (χ1n) is 6.61. The minimum Gasteiger partial charge on any atom is -0.280 e. The highest BCUT2D eigenvalue weighted by atomic mass is 32.2. The second-order valence-corrected chi connectivity index (χ2v) is 6.31. The lowest BCUT2D eigenvalue weighted by atomic mass is 10.0. The zero-order valence-corrected chi connectivity index (χ0v) is 13.2. The average Bonchev–Trinajstić information content (AvgIpc) is 2.42. The summed E-state index contributed by atoms with van der Waals surface area (Å²) >= 11 is 1.63. The first-order valence-corrected chi connectivity index (χ1v) is 7.60. The zero-order chi connectivity index (χ0) is 15.0. The normalized spacial score (nSPS) is 11.5. The number of hydrogen-bond acceptors (Lipinski definition) is 4. The van der Waals surface area contributed by atoms with E-state index >= 15 is 0 Å². The Labute approximate surface area is 121 Å². The lowest BCUT2D eigenvalue weighted by molar-refractivity contribution is 0.703. The van der Waals surface area contributed by atoms with Gasteiger partial charge in [0.05, 0.1) is 5.39 Å². The van der Waals surface area contributed by atoms with E-state index in [9.17, 15) is 9.59 Å². The Bertz CT molecular complexity index is 775. The molecule has 5 nitrogen and oxygen atoms in total. The van der Waals surface area contributed by atoms with Gasteiger partial charge in [-0.3, -0.25) is 13.9 Å². The summed E-state index contributed by atoms with van der Waals surface area (Å²) in [6.07, 6.45) is 1.78. The van der Waals surface area contributed by atoms with E-state index in [1.807, 2.05) is 6.92 Å². The van der Waals surface area contributed by atoms with E-state index in [1.54, 1.807) is 25.0 Å². The van der Waals surface area contributed by atoms with Crippen molar-refractivity contribution in [2.24, 2.45) is 14.1 Å². The third kappa shape index (κ3) is 2.18. The van der Waals surface area contributed by atoms with Gasteiger partial charge in [-0.2, -0.15) is 0 Å². The monoisotopic (exact) mass is 293 g/mol. The Balaban J connectivity index is 3.04. The van der Waals surface area contributed by atoms with Gasteiger partial charge in [-0.05, 0) is 17.2 Å². The highest BCUT2D eigenvalue weighted by molar-refractivity contribution is 7.99. The van der Waals surface area contributed by atoms with Crippen LogP contribution in [0.1, 0.15) is 32.3 Å². The second-order valence-electron chi connectivity index (χ2n) is 5.03. The predicted molar refractivity (Wildman–Crippen MR) is 82.7 cm³/mol. The Kier molecular flexibility index (Phi) is 4.04. The summed E-state index contributed by atoms with van der Waals surface area (Å²) < 4.78 is 2.58. The highest BCUT2D eigenvalue weighted by Crippen LogP contribution is 2.32. The molecule has 0 atom stereocenters. The fourth-order valence-electron chi connectivity index (χ4n) is 2.23. The molecule has 0 radical (unpaired) electrons. The smallest absolute Gasteiger partial charge is 0.280 e. The predicted octanol–water partition coefficient (Wildman–Crippen LogP) is 1.87. The van der Waals surface area contributed by atoms with Gasteiger partial charge in [0.25, 0.3) is 5.56 Å². The van der Waals surface area contributed by atoms with Crippen LogP contribution in [0.15, 0.2) is 20.7 Å². The zero-order valence-electron chi connectivity index (χ0n) is 12.4. The van der Waals surface area contributed by atoms with Crippen LogP contribution in [0, 0.1) is 0 Å². The number of hydrogen-bond donors (Lipinski definition) is 0. The standard InChI is InChI=1S/C14H19N3O2S/c1-6-20-11-9(8(2)3)7-15-12-10(11)13(18)17(5)14(19)16(12)4/h7-8H,6H2,1-5H3. The first kappa shape index (κ1) is 14.8. The molecule has 0 saturated heterocycles. The number of nitrogens with zero attached hydrogens (tertiary/aromatic N) is 3. The molecule has 2 aromatic heterocycles. The number of thioether (sulfide) groups is 1. The van der Waals surface area contributed by atoms with Crippen molar-refractivity contribution in [3.63, 3.8) is 0 Å². The quantitative estimate of drug-likeness (QED) is 0.811. The molecule has 0 saturated carbocycles. The summed E-state index contributed by atoms with van der Waals surface area (Å²) in [4.78, 5) is 29.7. The molecule has 6 heteroatoms. The van der Waals surface area contributed by atoms with Crippen LogP contribution in [0.5, 0.6) is 0 Å². The molecular weight excluding hydrogens is 274 g/mol. The molecule has 0 aliphatic rings. The number of aryl methyl sites for hydroxylation is 1. The van der Waals surface area contributed by atoms with E-state index in [0.29, 0.717) is 11.0 Å². The molecule has 0 amide bonds. The maximum absolute atomic E-state index is 12.5. The van der Waals surface area contributed by atoms with Gasteiger partial charge in [0.1, 0.15) is 5.65 Å². The van der Waals surface area contributed by atoms with Gasteiger partial charge in [0, 0.05) is 25.2 Å². The molecule has 0 unspecified atom stereocenters. The van der Waals surface area contributed by atoms with Gasteiger partial charge >= 0.3 is 5.69 Å². The van der Waals surface area contributed by atoms with Crippen molar-refractivity contribution in [1.29, 1.82) is 0 Å². The second kappa shape index (κ2) is 5.44. The molecule has 0 aromatic carbocycles. The van der Waals surface area contributed by atoms with Crippen LogP contribution in [-0.2, 0) is 14.1 Å². The Morgan fingerprint density at radius 1 is 1.25 bits per heavy atom. The van der Waals surface area contributed by atoms with Crippen LogP contribution in [-0.4, -0.2) is 19.9 Å². The molecule has 20 heavy (non-hydrogen) atoms. The SMILES string of the molecule is CCSc1c(C(C)C)cnc2c1c(=O)n(C)c(=O)n2C. The topological polar surface area (TPSA) is 56.9 Å². The summed E-state index contributed by atoms with van der Waals surface area (Å²) in [5.74, 6) is 1.15. The number of fused-ring (bicyclic) bond motifs is 1. The van der Waals surface area contributed by atoms with Crippen LogP contribution in [0.4, 0.5) is 0 Å². The fraction of sp³-hybridized carbons (Fsp3) is 0.500. The van der Waals surface area contributed by atoms with Crippen molar-refractivity contribution < 1.29 is 0 Å². The van der Waals surface area contributed by atoms with Crippen molar-refractivity contribution in [1.82, 2.24) is 14.1 Å². The number of aromatic nitrogens is 3. The van der Waals surface area contributed by atoms with Crippen molar-refractivity contribution in [2.75, 3.05) is 5.75 Å². The molecule has 2 rings (SSSR count). The van der Waals surface area contributed by atoms with E-state index in [0.717, 1.165) is 20.8 Å². The van der Waals surface area contributed by atoms with Gasteiger partial charge in [0.15, 0.2) is 0 Å². The summed E-state index contributed by atoms with van der Waals surface area (Å²) in [6.45, 7) is 6.21. The number of pyridine rings is 1. The lowest BCUT2D eigenvalue weighted by Gasteiger charge is -2.15. The van der Waals surface area contributed by atoms with Gasteiger partial charge in [-0.1, -0.05) is 20.8 Å². The molecule has 0 fully saturated rings. The molecule has 2 heterocycles. The van der Waals surface area contributed by atoms with Gasteiger partial charge in [0.2, 0.25) is 0 Å². The molecule has 0 N–H and O–H groups in total. The molecule has 0 bridgehead atoms. The molecule has 2 aromatic rings. The minimum absolute atomic E-state index is 0.269. The van der Waals surface area contributed by atoms with Gasteiger partial charge in [-0.15, -0.1) is 11.8 Å². The first-order chi connectivity index (χ1) is 9.40. The van der Waals surface area contributed by atoms with Crippen LogP contribution in [0.3, 0.4) is 0 Å². The summed E-state index contributed by atoms with van der Waals surface area (Å²) in [5.41, 5.74) is 0.896. The average molecular weight is 293 g/mol. The Hall–Kier alpha value is -1.56. The van der Waals surface area contributed by atoms with E-state index in [2.05, 4.69) is 18.8 Å². The van der Waals surface area contributed by atoms with Crippen LogP contribution >= 0.6 is 11.8 Å². The molecule has 0 aliphatic heterocycles. The van der Waals surface area contributed by atoms with Crippen molar-refractivity contribution in [3.05, 3.63) is 32.6 Å². The van der Waals surface area contributed by atoms with E-state index in [4.69, 9.17) is 0 Å². The third-order valence-corrected chi connectivity index (χ3v) is 4.38. The van der Waals surface area contributed by atoms with Crippen LogP contribution in [0.2, 0.25) is 0 Å². The van der Waals surface area contributed by atoms with Crippen molar-refractivity contribution in [2.45, 2.75) is 31.6 Å². The van der Waals surface area contributed by atoms with Gasteiger partial charge < -0.3 is 0 Å². The van der Waals surface area contributed by atoms with E-state index in [1.165, 1.54) is 11.6 Å². The van der Waals surface area contributed by atoms with Crippen molar-refractivity contribution >= 4 is 22.8 Å². The third-order valence-electron chi connectivity index (χ3n) is 3.36. The summed E-state index contributed by atoms with van der Waals surface area (Å²) in [6, 6.07) is 0. The maximum Gasteiger partial charge on any atom is 0.332 e. The van der Waals surface area contributed by atoms with Crippen LogP contribution in [0.25, 0.3) is 11.0 Å². The molecule has 0 spiro atoms. The molecule has 0 aliphatic carbocycles. The minimum atomic E-state index is -0.347. The van der Waals surface area contributed by atoms with Crippen molar-refractivity contribution in [3.8, 4) is 0 Å². The Morgan fingerprint density at radius 2 is 1.90 bits per heavy atom. The highest BCUT2D eigenvalue weighted by Gasteiger charge is 2.18. The summed E-state index contributed by atoms with van der Waals surface area (Å²) in [7, 11) is 3.15. The lowest BCUT2D eigenvalue weighted by Crippen LogP contribution is -2.37. The van der Waals surface area contributed by atoms with E-state index in [-0.39, 0.29) is 17.2 Å². The fourth-order valence-corrected chi connectivity index (χ4v) is 3.29.